The molecule has 0 aromatic heterocycles. The van der Waals surface area contributed by atoms with E-state index in [1.54, 1.807) is 0 Å². The highest BCUT2D eigenvalue weighted by Gasteiger charge is 2.27. The predicted octanol–water partition coefficient (Wildman–Crippen LogP) is 2.89. The fraction of sp³-hybridized carbons (Fsp3) is 0.350. The Morgan fingerprint density at radius 2 is 2.12 bits per heavy atom. The summed E-state index contributed by atoms with van der Waals surface area (Å²) in [7, 11) is 0. The number of amides is 1. The van der Waals surface area contributed by atoms with Gasteiger partial charge in [0.1, 0.15) is 12.4 Å². The Morgan fingerprint density at radius 3 is 3.04 bits per heavy atom. The van der Waals surface area contributed by atoms with E-state index in [0.717, 1.165) is 24.3 Å². The summed E-state index contributed by atoms with van der Waals surface area (Å²) in [6.07, 6.45) is 1.70. The van der Waals surface area contributed by atoms with Gasteiger partial charge < -0.3 is 15.4 Å². The lowest BCUT2D eigenvalue weighted by molar-refractivity contribution is -0.126. The summed E-state index contributed by atoms with van der Waals surface area (Å²) in [5.41, 5.74) is 3.65. The molecule has 0 aliphatic carbocycles. The first kappa shape index (κ1) is 16.4. The molecule has 2 aromatic rings. The molecule has 2 atom stereocenters. The SMILES string of the molecule is O=C(NCC1NCCc2ccccc21)C1COc2ccc(Cl)cc2C1. The first-order valence-electron chi connectivity index (χ1n) is 8.71. The Kier molecular flexibility index (Phi) is 4.64. The average Bonchev–Trinajstić information content (AvgIpc) is 2.65. The molecular weight excluding hydrogens is 336 g/mol. The van der Waals surface area contributed by atoms with Gasteiger partial charge in [-0.3, -0.25) is 4.79 Å². The van der Waals surface area contributed by atoms with E-state index in [2.05, 4.69) is 34.9 Å². The van der Waals surface area contributed by atoms with Gasteiger partial charge in [0.25, 0.3) is 0 Å². The molecule has 2 unspecified atom stereocenters. The van der Waals surface area contributed by atoms with E-state index < -0.39 is 0 Å². The van der Waals surface area contributed by atoms with Crippen LogP contribution in [0.1, 0.15) is 22.7 Å². The van der Waals surface area contributed by atoms with Crippen LogP contribution in [0, 0.1) is 5.92 Å². The fourth-order valence-electron chi connectivity index (χ4n) is 3.65. The van der Waals surface area contributed by atoms with Crippen molar-refractivity contribution in [2.45, 2.75) is 18.9 Å². The van der Waals surface area contributed by atoms with Gasteiger partial charge in [0.15, 0.2) is 0 Å². The first-order valence-corrected chi connectivity index (χ1v) is 9.08. The van der Waals surface area contributed by atoms with Crippen molar-refractivity contribution in [2.24, 2.45) is 5.92 Å². The van der Waals surface area contributed by atoms with Crippen molar-refractivity contribution in [1.82, 2.24) is 10.6 Å². The second-order valence-electron chi connectivity index (χ2n) is 6.66. The maximum atomic E-state index is 12.6. The number of halogens is 1. The molecule has 25 heavy (non-hydrogen) atoms. The van der Waals surface area contributed by atoms with Crippen molar-refractivity contribution < 1.29 is 9.53 Å². The molecule has 0 saturated heterocycles. The zero-order valence-corrected chi connectivity index (χ0v) is 14.7. The van der Waals surface area contributed by atoms with E-state index in [-0.39, 0.29) is 17.9 Å². The van der Waals surface area contributed by atoms with Gasteiger partial charge in [-0.1, -0.05) is 35.9 Å². The first-order chi connectivity index (χ1) is 12.2. The monoisotopic (exact) mass is 356 g/mol. The highest BCUT2D eigenvalue weighted by atomic mass is 35.5. The molecule has 5 heteroatoms. The second kappa shape index (κ2) is 7.06. The Bertz CT molecular complexity index is 793. The lowest BCUT2D eigenvalue weighted by Crippen LogP contribution is -2.43. The Morgan fingerprint density at radius 1 is 1.24 bits per heavy atom. The molecular formula is C20H21ClN2O2. The lowest BCUT2D eigenvalue weighted by atomic mass is 9.93. The molecule has 0 bridgehead atoms. The van der Waals surface area contributed by atoms with Gasteiger partial charge >= 0.3 is 0 Å². The van der Waals surface area contributed by atoms with Crippen molar-refractivity contribution in [3.05, 3.63) is 64.2 Å². The largest absolute Gasteiger partial charge is 0.492 e. The highest BCUT2D eigenvalue weighted by Crippen LogP contribution is 2.30. The van der Waals surface area contributed by atoms with Crippen molar-refractivity contribution in [1.29, 1.82) is 0 Å². The number of carbonyl (C=O) groups excluding carboxylic acids is 1. The summed E-state index contributed by atoms with van der Waals surface area (Å²) in [5.74, 6) is 0.691. The molecule has 1 amide bonds. The fourth-order valence-corrected chi connectivity index (χ4v) is 3.85. The number of benzene rings is 2. The van der Waals surface area contributed by atoms with Crippen molar-refractivity contribution in [3.63, 3.8) is 0 Å². The molecule has 0 spiro atoms. The maximum absolute atomic E-state index is 12.6. The van der Waals surface area contributed by atoms with Crippen LogP contribution < -0.4 is 15.4 Å². The molecule has 2 aliphatic heterocycles. The van der Waals surface area contributed by atoms with Gasteiger partial charge in [0.2, 0.25) is 5.91 Å². The van der Waals surface area contributed by atoms with E-state index in [0.29, 0.717) is 24.6 Å². The predicted molar refractivity (Wildman–Crippen MR) is 98.0 cm³/mol. The summed E-state index contributed by atoms with van der Waals surface area (Å²) < 4.78 is 5.73. The van der Waals surface area contributed by atoms with E-state index in [9.17, 15) is 4.79 Å². The van der Waals surface area contributed by atoms with Crippen molar-refractivity contribution in [3.8, 4) is 5.75 Å². The molecule has 2 aromatic carbocycles. The summed E-state index contributed by atoms with van der Waals surface area (Å²) >= 11 is 6.05. The molecule has 4 nitrogen and oxygen atoms in total. The van der Waals surface area contributed by atoms with Crippen molar-refractivity contribution in [2.75, 3.05) is 19.7 Å². The molecule has 2 heterocycles. The van der Waals surface area contributed by atoms with Gasteiger partial charge in [-0.05, 0) is 54.3 Å². The van der Waals surface area contributed by atoms with Gasteiger partial charge in [0.05, 0.1) is 5.92 Å². The van der Waals surface area contributed by atoms with Crippen LogP contribution in [0.5, 0.6) is 5.75 Å². The quantitative estimate of drug-likeness (QED) is 0.889. The Labute approximate surface area is 152 Å². The number of hydrogen-bond acceptors (Lipinski definition) is 3. The normalized spacial score (nSPS) is 21.6. The van der Waals surface area contributed by atoms with E-state index in [1.165, 1.54) is 11.1 Å². The van der Waals surface area contributed by atoms with Crippen LogP contribution in [0.25, 0.3) is 0 Å². The van der Waals surface area contributed by atoms with Crippen LogP contribution in [-0.2, 0) is 17.6 Å². The summed E-state index contributed by atoms with van der Waals surface area (Å²) in [6.45, 7) is 1.94. The molecule has 2 aliphatic rings. The molecule has 0 saturated carbocycles. The number of hydrogen-bond donors (Lipinski definition) is 2. The van der Waals surface area contributed by atoms with Crippen LogP contribution in [-0.4, -0.2) is 25.6 Å². The van der Waals surface area contributed by atoms with E-state index >= 15 is 0 Å². The third-order valence-corrected chi connectivity index (χ3v) is 5.23. The minimum Gasteiger partial charge on any atom is -0.492 e. The highest BCUT2D eigenvalue weighted by molar-refractivity contribution is 6.30. The average molecular weight is 357 g/mol. The Hall–Kier alpha value is -2.04. The molecule has 2 N–H and O–H groups in total. The number of ether oxygens (including phenoxy) is 1. The van der Waals surface area contributed by atoms with Crippen LogP contribution in [0.3, 0.4) is 0 Å². The minimum atomic E-state index is -0.176. The van der Waals surface area contributed by atoms with Crippen LogP contribution in [0.15, 0.2) is 42.5 Å². The third-order valence-electron chi connectivity index (χ3n) is 5.00. The number of carbonyl (C=O) groups is 1. The lowest BCUT2D eigenvalue weighted by Gasteiger charge is -2.29. The minimum absolute atomic E-state index is 0.0375. The number of fused-ring (bicyclic) bond motifs is 2. The van der Waals surface area contributed by atoms with Gasteiger partial charge in [0, 0.05) is 17.6 Å². The molecule has 4 rings (SSSR count). The maximum Gasteiger partial charge on any atom is 0.226 e. The van der Waals surface area contributed by atoms with Crippen LogP contribution in [0.2, 0.25) is 5.02 Å². The Balaban J connectivity index is 1.39. The van der Waals surface area contributed by atoms with Crippen molar-refractivity contribution >= 4 is 17.5 Å². The van der Waals surface area contributed by atoms with E-state index in [1.807, 2.05) is 18.2 Å². The molecule has 0 radical (unpaired) electrons. The summed E-state index contributed by atoms with van der Waals surface area (Å²) in [6, 6.07) is 14.2. The summed E-state index contributed by atoms with van der Waals surface area (Å²) in [5, 5.41) is 7.26. The molecule has 130 valence electrons. The smallest absolute Gasteiger partial charge is 0.226 e. The molecule has 0 fully saturated rings. The summed E-state index contributed by atoms with van der Waals surface area (Å²) in [4.78, 5) is 12.6. The second-order valence-corrected chi connectivity index (χ2v) is 7.10. The third kappa shape index (κ3) is 3.51. The van der Waals surface area contributed by atoms with Crippen LogP contribution in [0.4, 0.5) is 0 Å². The number of nitrogens with one attached hydrogen (secondary N) is 2. The van der Waals surface area contributed by atoms with Gasteiger partial charge in [-0.2, -0.15) is 0 Å². The zero-order valence-electron chi connectivity index (χ0n) is 13.9. The topological polar surface area (TPSA) is 50.4 Å². The van der Waals surface area contributed by atoms with Gasteiger partial charge in [-0.15, -0.1) is 0 Å². The van der Waals surface area contributed by atoms with Crippen LogP contribution >= 0.6 is 11.6 Å². The zero-order chi connectivity index (χ0) is 17.2. The van der Waals surface area contributed by atoms with E-state index in [4.69, 9.17) is 16.3 Å². The number of rotatable bonds is 3. The standard InChI is InChI=1S/C20H21ClN2O2/c21-16-5-6-19-14(10-16)9-15(12-25-19)20(24)23-11-18-17-4-2-1-3-13(17)7-8-22-18/h1-6,10,15,18,22H,7-9,11-12H2,(H,23,24). The van der Waals surface area contributed by atoms with Gasteiger partial charge in [-0.25, -0.2) is 0 Å².